The van der Waals surface area contributed by atoms with E-state index in [1.807, 2.05) is 13.8 Å². The zero-order valence-electron chi connectivity index (χ0n) is 13.2. The topological polar surface area (TPSA) is 44.4 Å². The van der Waals surface area contributed by atoms with Crippen molar-refractivity contribution in [2.75, 3.05) is 18.0 Å². The minimum atomic E-state index is -0.489. The van der Waals surface area contributed by atoms with Gasteiger partial charge in [0.1, 0.15) is 5.54 Å². The summed E-state index contributed by atoms with van der Waals surface area (Å²) in [6.45, 7) is 8.63. The van der Waals surface area contributed by atoms with Gasteiger partial charge in [0.05, 0.1) is 0 Å². The predicted octanol–water partition coefficient (Wildman–Crippen LogP) is 1.96. The van der Waals surface area contributed by atoms with Crippen molar-refractivity contribution in [2.45, 2.75) is 51.7 Å². The number of anilines is 1. The van der Waals surface area contributed by atoms with Crippen molar-refractivity contribution in [3.8, 4) is 0 Å². The fourth-order valence-electron chi connectivity index (χ4n) is 3.00. The zero-order valence-corrected chi connectivity index (χ0v) is 13.2. The molecule has 2 aliphatic rings. The van der Waals surface area contributed by atoms with Gasteiger partial charge in [0.25, 0.3) is 0 Å². The Labute approximate surface area is 126 Å². The van der Waals surface area contributed by atoms with E-state index in [2.05, 4.69) is 40.7 Å². The molecule has 1 aliphatic carbocycles. The Balaban J connectivity index is 1.79. The molecule has 4 heteroatoms. The van der Waals surface area contributed by atoms with Gasteiger partial charge in [-0.05, 0) is 50.8 Å². The Hall–Kier alpha value is -1.55. The molecule has 0 bridgehead atoms. The second-order valence-electron chi connectivity index (χ2n) is 6.74. The molecule has 0 radical (unpaired) electrons. The zero-order chi connectivity index (χ0) is 15.0. The molecule has 1 aromatic carbocycles. The summed E-state index contributed by atoms with van der Waals surface area (Å²) in [5.74, 6) is 0.104. The number of rotatable bonds is 4. The van der Waals surface area contributed by atoms with E-state index < -0.39 is 5.54 Å². The molecule has 1 aromatic rings. The standard InChI is InChI=1S/C17H25N3O/c1-12-10-13(11-19-14-5-6-14)4-7-15(12)20-9-8-18-16(21)17(20,2)3/h4,7,10,14,19H,5-6,8-9,11H2,1-3H3,(H,18,21). The van der Waals surface area contributed by atoms with Crippen LogP contribution >= 0.6 is 0 Å². The molecule has 2 fully saturated rings. The van der Waals surface area contributed by atoms with E-state index in [0.717, 1.165) is 19.1 Å². The fraction of sp³-hybridized carbons (Fsp3) is 0.588. The van der Waals surface area contributed by atoms with Gasteiger partial charge < -0.3 is 15.5 Å². The summed E-state index contributed by atoms with van der Waals surface area (Å²) in [7, 11) is 0. The van der Waals surface area contributed by atoms with E-state index >= 15 is 0 Å². The molecule has 0 atom stereocenters. The van der Waals surface area contributed by atoms with Crippen molar-refractivity contribution in [3.63, 3.8) is 0 Å². The number of carbonyl (C=O) groups is 1. The van der Waals surface area contributed by atoms with Crippen LogP contribution in [-0.2, 0) is 11.3 Å². The van der Waals surface area contributed by atoms with Crippen molar-refractivity contribution in [1.82, 2.24) is 10.6 Å². The molecule has 0 aromatic heterocycles. The van der Waals surface area contributed by atoms with Gasteiger partial charge >= 0.3 is 0 Å². The summed E-state index contributed by atoms with van der Waals surface area (Å²) in [6.07, 6.45) is 2.63. The molecule has 21 heavy (non-hydrogen) atoms. The lowest BCUT2D eigenvalue weighted by atomic mass is 9.96. The quantitative estimate of drug-likeness (QED) is 0.890. The van der Waals surface area contributed by atoms with Crippen LogP contribution in [0.25, 0.3) is 0 Å². The van der Waals surface area contributed by atoms with E-state index in [9.17, 15) is 4.79 Å². The first-order chi connectivity index (χ1) is 9.98. The average Bonchev–Trinajstić information content (AvgIpc) is 3.25. The van der Waals surface area contributed by atoms with Crippen molar-refractivity contribution in [2.24, 2.45) is 0 Å². The van der Waals surface area contributed by atoms with Gasteiger partial charge in [-0.25, -0.2) is 0 Å². The predicted molar refractivity (Wildman–Crippen MR) is 85.5 cm³/mol. The second kappa shape index (κ2) is 5.34. The first kappa shape index (κ1) is 14.4. The highest BCUT2D eigenvalue weighted by molar-refractivity contribution is 5.90. The van der Waals surface area contributed by atoms with E-state index in [-0.39, 0.29) is 5.91 Å². The molecular weight excluding hydrogens is 262 g/mol. The molecule has 114 valence electrons. The summed E-state index contributed by atoms with van der Waals surface area (Å²) in [5.41, 5.74) is 3.25. The Kier molecular flexibility index (Phi) is 3.66. The van der Waals surface area contributed by atoms with Crippen LogP contribution in [0.5, 0.6) is 0 Å². The summed E-state index contributed by atoms with van der Waals surface area (Å²) in [6, 6.07) is 7.32. The van der Waals surface area contributed by atoms with E-state index in [1.165, 1.54) is 29.7 Å². The summed E-state index contributed by atoms with van der Waals surface area (Å²) in [5, 5.41) is 6.50. The van der Waals surface area contributed by atoms with Gasteiger partial charge in [0.2, 0.25) is 5.91 Å². The third-order valence-corrected chi connectivity index (χ3v) is 4.58. The second-order valence-corrected chi connectivity index (χ2v) is 6.74. The number of amides is 1. The van der Waals surface area contributed by atoms with Crippen LogP contribution in [0.1, 0.15) is 37.8 Å². The van der Waals surface area contributed by atoms with Gasteiger partial charge in [0, 0.05) is 31.4 Å². The van der Waals surface area contributed by atoms with Gasteiger partial charge in [0.15, 0.2) is 0 Å². The molecule has 1 saturated heterocycles. The minimum Gasteiger partial charge on any atom is -0.356 e. The van der Waals surface area contributed by atoms with Crippen LogP contribution < -0.4 is 15.5 Å². The van der Waals surface area contributed by atoms with Crippen LogP contribution in [0.15, 0.2) is 18.2 Å². The number of hydrogen-bond donors (Lipinski definition) is 2. The Morgan fingerprint density at radius 1 is 1.38 bits per heavy atom. The van der Waals surface area contributed by atoms with Gasteiger partial charge in [-0.3, -0.25) is 4.79 Å². The summed E-state index contributed by atoms with van der Waals surface area (Å²) < 4.78 is 0. The molecule has 3 rings (SSSR count). The van der Waals surface area contributed by atoms with Crippen molar-refractivity contribution in [1.29, 1.82) is 0 Å². The molecule has 1 saturated carbocycles. The molecule has 4 nitrogen and oxygen atoms in total. The van der Waals surface area contributed by atoms with E-state index in [1.54, 1.807) is 0 Å². The van der Waals surface area contributed by atoms with Crippen LogP contribution in [0.3, 0.4) is 0 Å². The van der Waals surface area contributed by atoms with Gasteiger partial charge in [-0.1, -0.05) is 12.1 Å². The number of carbonyl (C=O) groups excluding carboxylic acids is 1. The molecule has 1 amide bonds. The number of piperazine rings is 1. The molecule has 0 spiro atoms. The lowest BCUT2D eigenvalue weighted by Gasteiger charge is -2.43. The number of nitrogens with one attached hydrogen (secondary N) is 2. The maximum atomic E-state index is 12.1. The van der Waals surface area contributed by atoms with Crippen LogP contribution in [0.2, 0.25) is 0 Å². The molecule has 1 aliphatic heterocycles. The maximum absolute atomic E-state index is 12.1. The number of benzene rings is 1. The molecule has 2 N–H and O–H groups in total. The van der Waals surface area contributed by atoms with Gasteiger partial charge in [-0.15, -0.1) is 0 Å². The maximum Gasteiger partial charge on any atom is 0.245 e. The Bertz CT molecular complexity index is 549. The number of aryl methyl sites for hydroxylation is 1. The van der Waals surface area contributed by atoms with Crippen LogP contribution in [0.4, 0.5) is 5.69 Å². The molecular formula is C17H25N3O. The molecule has 1 heterocycles. The minimum absolute atomic E-state index is 0.104. The normalized spacial score (nSPS) is 21.3. The Morgan fingerprint density at radius 3 is 2.81 bits per heavy atom. The first-order valence-corrected chi connectivity index (χ1v) is 7.87. The highest BCUT2D eigenvalue weighted by atomic mass is 16.2. The first-order valence-electron chi connectivity index (χ1n) is 7.87. The van der Waals surface area contributed by atoms with E-state index in [0.29, 0.717) is 6.54 Å². The van der Waals surface area contributed by atoms with Crippen molar-refractivity contribution in [3.05, 3.63) is 29.3 Å². The molecule has 0 unspecified atom stereocenters. The van der Waals surface area contributed by atoms with Crippen molar-refractivity contribution >= 4 is 11.6 Å². The average molecular weight is 287 g/mol. The van der Waals surface area contributed by atoms with Gasteiger partial charge in [-0.2, -0.15) is 0 Å². The smallest absolute Gasteiger partial charge is 0.245 e. The number of nitrogens with zero attached hydrogens (tertiary/aromatic N) is 1. The Morgan fingerprint density at radius 2 is 2.14 bits per heavy atom. The highest BCUT2D eigenvalue weighted by Crippen LogP contribution is 2.30. The lowest BCUT2D eigenvalue weighted by Crippen LogP contribution is -2.62. The van der Waals surface area contributed by atoms with Crippen LogP contribution in [-0.4, -0.2) is 30.6 Å². The summed E-state index contributed by atoms with van der Waals surface area (Å²) >= 11 is 0. The number of hydrogen-bond acceptors (Lipinski definition) is 3. The highest BCUT2D eigenvalue weighted by Gasteiger charge is 2.38. The van der Waals surface area contributed by atoms with E-state index in [4.69, 9.17) is 0 Å². The SMILES string of the molecule is Cc1cc(CNC2CC2)ccc1N1CCNC(=O)C1(C)C. The third kappa shape index (κ3) is 2.91. The van der Waals surface area contributed by atoms with Crippen LogP contribution in [0, 0.1) is 6.92 Å². The summed E-state index contributed by atoms with van der Waals surface area (Å²) in [4.78, 5) is 14.3. The largest absolute Gasteiger partial charge is 0.356 e. The third-order valence-electron chi connectivity index (χ3n) is 4.58. The van der Waals surface area contributed by atoms with Crippen molar-refractivity contribution < 1.29 is 4.79 Å². The monoisotopic (exact) mass is 287 g/mol. The lowest BCUT2D eigenvalue weighted by molar-refractivity contribution is -0.126. The fourth-order valence-corrected chi connectivity index (χ4v) is 3.00.